The number of halogens is 2. The quantitative estimate of drug-likeness (QED) is 0.322. The first kappa shape index (κ1) is 35.1. The number of rotatable bonds is 6. The summed E-state index contributed by atoms with van der Waals surface area (Å²) in [6, 6.07) is 7.21. The molecule has 0 nitrogen and oxygen atoms in total. The topological polar surface area (TPSA) is 0 Å². The summed E-state index contributed by atoms with van der Waals surface area (Å²) in [5.74, 6) is 0. The number of allylic oxidation sites excluding steroid dienone is 8. The van der Waals surface area contributed by atoms with Crippen LogP contribution in [0.2, 0.25) is 64.0 Å². The van der Waals surface area contributed by atoms with Crippen LogP contribution in [0, 0.1) is 0 Å². The smallest absolute Gasteiger partial charge is 1.00 e. The van der Waals surface area contributed by atoms with Crippen molar-refractivity contribution in [1.29, 1.82) is 0 Å². The van der Waals surface area contributed by atoms with Gasteiger partial charge >= 0.3 is 26.2 Å². The number of aryl methyl sites for hydroxylation is 1. The van der Waals surface area contributed by atoms with Gasteiger partial charge in [-0.25, -0.2) is 0 Å². The molecule has 1 unspecified atom stereocenters. The second-order valence-corrected chi connectivity index (χ2v) is 28.9. The predicted molar refractivity (Wildman–Crippen MR) is 161 cm³/mol. The first-order chi connectivity index (χ1) is 15.7. The molecule has 1 atom stereocenters. The van der Waals surface area contributed by atoms with Crippen LogP contribution in [0.25, 0.3) is 11.6 Å². The summed E-state index contributed by atoms with van der Waals surface area (Å²) in [6.45, 7) is 28.3. The molecule has 1 aromatic rings. The fraction of sp³-hybridized carbons (Fsp3) is 0.484. The third-order valence-corrected chi connectivity index (χ3v) is 16.4. The Balaban J connectivity index is 0.00000228. The molecule has 1 radical (unpaired) electrons. The monoisotopic (exact) mass is 661 g/mol. The maximum Gasteiger partial charge on any atom is 3.00 e. The molecule has 4 rings (SSSR count). The predicted octanol–water partition coefficient (Wildman–Crippen LogP) is 1.81. The zero-order chi connectivity index (χ0) is 25.3. The third kappa shape index (κ3) is 5.64. The van der Waals surface area contributed by atoms with E-state index in [1.165, 1.54) is 28.0 Å². The fourth-order valence-electron chi connectivity index (χ4n) is 7.05. The molecular weight excluding hydrogens is 619 g/mol. The number of hydrogen-bond donors (Lipinski definition) is 0. The normalized spacial score (nSPS) is 20.9. The van der Waals surface area contributed by atoms with E-state index >= 15 is 0 Å². The van der Waals surface area contributed by atoms with E-state index in [1.807, 2.05) is 5.20 Å². The molecule has 0 aromatic heterocycles. The van der Waals surface area contributed by atoms with Crippen molar-refractivity contribution in [2.75, 3.05) is 0 Å². The van der Waals surface area contributed by atoms with Gasteiger partial charge in [0.25, 0.3) is 0 Å². The molecule has 0 aliphatic heterocycles. The third-order valence-electron chi connectivity index (χ3n) is 8.28. The summed E-state index contributed by atoms with van der Waals surface area (Å²) in [5.41, 5.74) is 7.66. The van der Waals surface area contributed by atoms with Crippen LogP contribution >= 0.6 is 0 Å². The molecular formula is C31H45Cl2Si3Zr. The Morgan fingerprint density at radius 1 is 0.892 bits per heavy atom. The van der Waals surface area contributed by atoms with Gasteiger partial charge in [-0.3, -0.25) is 0 Å². The van der Waals surface area contributed by atoms with Crippen molar-refractivity contribution >= 4 is 35.9 Å². The molecule has 6 heteroatoms. The van der Waals surface area contributed by atoms with Crippen LogP contribution in [0.15, 0.2) is 63.5 Å². The van der Waals surface area contributed by atoms with Crippen LogP contribution in [0.4, 0.5) is 0 Å². The van der Waals surface area contributed by atoms with Gasteiger partial charge < -0.3 is 24.8 Å². The van der Waals surface area contributed by atoms with E-state index in [0.29, 0.717) is 0 Å². The van der Waals surface area contributed by atoms with Crippen LogP contribution < -0.4 is 35.3 Å². The summed E-state index contributed by atoms with van der Waals surface area (Å²) in [4.78, 5) is 0. The van der Waals surface area contributed by atoms with E-state index in [1.54, 1.807) is 21.9 Å². The molecule has 0 N–H and O–H groups in total. The average molecular weight is 664 g/mol. The Morgan fingerprint density at radius 3 is 1.95 bits per heavy atom. The van der Waals surface area contributed by atoms with Crippen LogP contribution in [0.5, 0.6) is 0 Å². The molecule has 0 spiro atoms. The standard InChI is InChI=1S/C31H45Si3.2ClH.Zr/c1-12-22-18-19-25-24(20-22)21-26-27(25)29(32(3,4)5)30(33(6,7)8)31(13-2,34(9,10)11)28(26)23-16-14-15-17-23;;;/h14-16,18-20H,12-13,17H2,1-11H3;2*1H;/q-1;;;+3/p-2. The van der Waals surface area contributed by atoms with Crippen LogP contribution in [0.3, 0.4) is 0 Å². The molecule has 0 amide bonds. The van der Waals surface area contributed by atoms with Gasteiger partial charge in [-0.15, -0.1) is 33.7 Å². The molecule has 0 saturated carbocycles. The molecule has 0 fully saturated rings. The van der Waals surface area contributed by atoms with Crippen molar-refractivity contribution < 1.29 is 51.0 Å². The van der Waals surface area contributed by atoms with Crippen molar-refractivity contribution in [2.45, 2.75) is 97.1 Å². The molecule has 1 aromatic carbocycles. The zero-order valence-corrected chi connectivity index (χ0v) is 31.8. The minimum Gasteiger partial charge on any atom is -1.00 e. The summed E-state index contributed by atoms with van der Waals surface area (Å²) in [7, 11) is -5.03. The Kier molecular flexibility index (Phi) is 11.3. The minimum atomic E-state index is -1.69. The SMILES string of the molecule is CCc1ccc2c(c1)=[C-]C1=C(C3=CC=CC3)C(CC)([Si](C)(C)C)C([Si](C)(C)C)=C([Si](C)(C)C)C=21.[Cl-].[Cl-].[Zr+3]. The van der Waals surface area contributed by atoms with Crippen molar-refractivity contribution in [1.82, 2.24) is 0 Å². The van der Waals surface area contributed by atoms with E-state index in [4.69, 9.17) is 0 Å². The van der Waals surface area contributed by atoms with Gasteiger partial charge in [0.05, 0.1) is 24.2 Å². The van der Waals surface area contributed by atoms with Crippen LogP contribution in [-0.4, -0.2) is 24.2 Å². The van der Waals surface area contributed by atoms with Gasteiger partial charge in [-0.05, 0) is 17.9 Å². The molecule has 0 saturated heterocycles. The Labute approximate surface area is 261 Å². The number of hydrogen-bond acceptors (Lipinski definition) is 0. The molecule has 3 aliphatic carbocycles. The first-order valence-corrected chi connectivity index (χ1v) is 23.8. The van der Waals surface area contributed by atoms with Crippen molar-refractivity contribution in [2.24, 2.45) is 0 Å². The van der Waals surface area contributed by atoms with Gasteiger partial charge in [0, 0.05) is 0 Å². The van der Waals surface area contributed by atoms with E-state index in [-0.39, 0.29) is 56.1 Å². The van der Waals surface area contributed by atoms with E-state index in [0.717, 1.165) is 12.8 Å². The molecule has 0 bridgehead atoms. The molecule has 199 valence electrons. The number of fused-ring (bicyclic) bond motifs is 2. The largest absolute Gasteiger partial charge is 3.00 e. The maximum absolute atomic E-state index is 4.07. The summed E-state index contributed by atoms with van der Waals surface area (Å²) in [5, 5.41) is 6.64. The number of benzene rings is 1. The molecule has 3 aliphatic rings. The maximum atomic E-state index is 4.07. The summed E-state index contributed by atoms with van der Waals surface area (Å²) >= 11 is 0. The average Bonchev–Trinajstić information content (AvgIpc) is 3.36. The fourth-order valence-corrected chi connectivity index (χ4v) is 19.1. The van der Waals surface area contributed by atoms with Crippen LogP contribution in [0.1, 0.15) is 32.3 Å². The van der Waals surface area contributed by atoms with Gasteiger partial charge in [0.1, 0.15) is 0 Å². The minimum absolute atomic E-state index is 0. The Hall–Kier alpha value is 0.0338. The van der Waals surface area contributed by atoms with Crippen molar-refractivity contribution in [3.8, 4) is 0 Å². The Bertz CT molecular complexity index is 1300. The molecule has 37 heavy (non-hydrogen) atoms. The first-order valence-electron chi connectivity index (χ1n) is 13.3. The zero-order valence-electron chi connectivity index (χ0n) is 24.8. The Morgan fingerprint density at radius 2 is 1.51 bits per heavy atom. The molecule has 0 heterocycles. The second-order valence-electron chi connectivity index (χ2n) is 13.6. The van der Waals surface area contributed by atoms with Crippen molar-refractivity contribution in [3.63, 3.8) is 0 Å². The summed E-state index contributed by atoms with van der Waals surface area (Å²) < 4.78 is 0. The van der Waals surface area contributed by atoms with Gasteiger partial charge in [0.15, 0.2) is 0 Å². The van der Waals surface area contributed by atoms with Crippen LogP contribution in [-0.2, 0) is 32.6 Å². The van der Waals surface area contributed by atoms with Gasteiger partial charge in [-0.1, -0.05) is 137 Å². The van der Waals surface area contributed by atoms with Crippen molar-refractivity contribution in [3.05, 3.63) is 79.5 Å². The van der Waals surface area contributed by atoms with E-state index in [9.17, 15) is 0 Å². The van der Waals surface area contributed by atoms with Gasteiger partial charge in [-0.2, -0.15) is 0 Å². The van der Waals surface area contributed by atoms with E-state index < -0.39 is 24.2 Å². The summed E-state index contributed by atoms with van der Waals surface area (Å²) in [6.07, 6.45) is 14.5. The van der Waals surface area contributed by atoms with E-state index in [2.05, 4.69) is 115 Å². The van der Waals surface area contributed by atoms with Gasteiger partial charge in [0.2, 0.25) is 0 Å². The second kappa shape index (κ2) is 11.9.